The average molecular weight is 387 g/mol. The zero-order chi connectivity index (χ0) is 19.7. The lowest BCUT2D eigenvalue weighted by atomic mass is 9.98. The van der Waals surface area contributed by atoms with Crippen molar-refractivity contribution in [3.05, 3.63) is 47.4 Å². The Morgan fingerprint density at radius 2 is 2.18 bits per heavy atom. The molecular weight excluding hydrogens is 365 g/mol. The van der Waals surface area contributed by atoms with Crippen LogP contribution in [0.3, 0.4) is 0 Å². The van der Waals surface area contributed by atoms with E-state index in [1.165, 1.54) is 12.1 Å². The summed E-state index contributed by atoms with van der Waals surface area (Å²) >= 11 is 0. The van der Waals surface area contributed by atoms with Crippen LogP contribution in [0.5, 0.6) is 0 Å². The fourth-order valence-corrected chi connectivity index (χ4v) is 3.74. The van der Waals surface area contributed by atoms with Gasteiger partial charge in [-0.15, -0.1) is 0 Å². The third-order valence-electron chi connectivity index (χ3n) is 5.31. The highest BCUT2D eigenvalue weighted by Crippen LogP contribution is 2.33. The molecule has 2 fully saturated rings. The molecule has 9 heteroatoms. The molecule has 1 aromatic heterocycles. The number of nitrogens with zero attached hydrogens (tertiary/aromatic N) is 4. The first-order valence-corrected chi connectivity index (χ1v) is 9.39. The van der Waals surface area contributed by atoms with Crippen LogP contribution in [0.15, 0.2) is 28.8 Å². The lowest BCUT2D eigenvalue weighted by molar-refractivity contribution is -0.135. The van der Waals surface area contributed by atoms with Crippen molar-refractivity contribution in [2.45, 2.75) is 31.2 Å². The molecule has 0 radical (unpaired) electrons. The Hall–Kier alpha value is -2.97. The van der Waals surface area contributed by atoms with Crippen molar-refractivity contribution >= 4 is 11.9 Å². The summed E-state index contributed by atoms with van der Waals surface area (Å²) in [6.45, 7) is 1.68. The zero-order valence-electron chi connectivity index (χ0n) is 15.6. The standard InChI is InChI=1S/C19H22FN5O3/c1-21-19(27)25-7-3-6-15(25)18-22-17(23-28-18)13-10-24(11-13)16(26)9-12-4-2-5-14(20)8-12/h2,4-5,8,13,15H,3,6-7,9-11H2,1H3,(H,21,27). The molecule has 1 aromatic carbocycles. The third kappa shape index (κ3) is 3.56. The Kier molecular flexibility index (Phi) is 4.97. The minimum Gasteiger partial charge on any atom is -0.341 e. The molecule has 0 saturated carbocycles. The molecule has 0 spiro atoms. The molecule has 4 rings (SSSR count). The number of urea groups is 1. The summed E-state index contributed by atoms with van der Waals surface area (Å²) in [4.78, 5) is 32.2. The van der Waals surface area contributed by atoms with Gasteiger partial charge in [0.2, 0.25) is 11.8 Å². The normalized spacial score (nSPS) is 19.6. The van der Waals surface area contributed by atoms with Crippen molar-refractivity contribution in [2.75, 3.05) is 26.7 Å². The van der Waals surface area contributed by atoms with Gasteiger partial charge in [-0.1, -0.05) is 17.3 Å². The SMILES string of the molecule is CNC(=O)N1CCCC1c1nc(C2CN(C(=O)Cc3cccc(F)c3)C2)no1. The van der Waals surface area contributed by atoms with Crippen molar-refractivity contribution in [1.82, 2.24) is 25.3 Å². The number of hydrogen-bond acceptors (Lipinski definition) is 5. The van der Waals surface area contributed by atoms with Crippen molar-refractivity contribution in [3.8, 4) is 0 Å². The van der Waals surface area contributed by atoms with Gasteiger partial charge in [0.1, 0.15) is 11.9 Å². The highest BCUT2D eigenvalue weighted by Gasteiger charge is 2.38. The second-order valence-electron chi connectivity index (χ2n) is 7.20. The molecular formula is C19H22FN5O3. The molecule has 2 saturated heterocycles. The molecule has 8 nitrogen and oxygen atoms in total. The second-order valence-corrected chi connectivity index (χ2v) is 7.20. The number of carbonyl (C=O) groups excluding carboxylic acids is 2. The molecule has 0 aliphatic carbocycles. The van der Waals surface area contributed by atoms with Crippen LogP contribution in [0.25, 0.3) is 0 Å². The van der Waals surface area contributed by atoms with E-state index in [9.17, 15) is 14.0 Å². The Morgan fingerprint density at radius 3 is 2.93 bits per heavy atom. The number of benzene rings is 1. The monoisotopic (exact) mass is 387 g/mol. The number of rotatable bonds is 4. The van der Waals surface area contributed by atoms with E-state index in [4.69, 9.17) is 4.52 Å². The van der Waals surface area contributed by atoms with Gasteiger partial charge in [0.05, 0.1) is 12.3 Å². The Morgan fingerprint density at radius 1 is 1.36 bits per heavy atom. The minimum atomic E-state index is -0.344. The van der Waals surface area contributed by atoms with Gasteiger partial charge in [-0.05, 0) is 30.5 Å². The fraction of sp³-hybridized carbons (Fsp3) is 0.474. The molecule has 0 bridgehead atoms. The highest BCUT2D eigenvalue weighted by atomic mass is 19.1. The minimum absolute atomic E-state index is 0.0174. The number of amides is 3. The van der Waals surface area contributed by atoms with E-state index in [2.05, 4.69) is 15.5 Å². The Balaban J connectivity index is 1.34. The first-order valence-electron chi connectivity index (χ1n) is 9.39. The van der Waals surface area contributed by atoms with Crippen LogP contribution < -0.4 is 5.32 Å². The number of carbonyl (C=O) groups is 2. The molecule has 28 heavy (non-hydrogen) atoms. The quantitative estimate of drug-likeness (QED) is 0.865. The van der Waals surface area contributed by atoms with Gasteiger partial charge in [-0.25, -0.2) is 9.18 Å². The van der Waals surface area contributed by atoms with E-state index < -0.39 is 0 Å². The molecule has 1 unspecified atom stereocenters. The predicted octanol–water partition coefficient (Wildman–Crippen LogP) is 1.85. The predicted molar refractivity (Wildman–Crippen MR) is 96.9 cm³/mol. The molecule has 2 aliphatic heterocycles. The third-order valence-corrected chi connectivity index (χ3v) is 5.31. The van der Waals surface area contributed by atoms with Crippen LogP contribution in [-0.4, -0.2) is 58.6 Å². The molecule has 2 aliphatic rings. The molecule has 3 heterocycles. The van der Waals surface area contributed by atoms with E-state index in [1.54, 1.807) is 29.0 Å². The summed E-state index contributed by atoms with van der Waals surface area (Å²) in [6, 6.07) is 5.72. The lowest BCUT2D eigenvalue weighted by Gasteiger charge is -2.37. The number of halogens is 1. The van der Waals surface area contributed by atoms with Crippen LogP contribution in [0.2, 0.25) is 0 Å². The van der Waals surface area contributed by atoms with Gasteiger partial charge >= 0.3 is 6.03 Å². The summed E-state index contributed by atoms with van der Waals surface area (Å²) in [5.41, 5.74) is 0.658. The van der Waals surface area contributed by atoms with Crippen LogP contribution in [0, 0.1) is 5.82 Å². The maximum atomic E-state index is 13.2. The van der Waals surface area contributed by atoms with Gasteiger partial charge in [0, 0.05) is 26.7 Å². The molecule has 1 atom stereocenters. The summed E-state index contributed by atoms with van der Waals surface area (Å²) in [5, 5.41) is 6.69. The number of aromatic nitrogens is 2. The zero-order valence-corrected chi connectivity index (χ0v) is 15.6. The summed E-state index contributed by atoms with van der Waals surface area (Å²) in [5.74, 6) is 0.633. The van der Waals surface area contributed by atoms with Gasteiger partial charge in [0.15, 0.2) is 5.82 Å². The van der Waals surface area contributed by atoms with Crippen molar-refractivity contribution in [3.63, 3.8) is 0 Å². The van der Waals surface area contributed by atoms with Crippen molar-refractivity contribution in [2.24, 2.45) is 0 Å². The van der Waals surface area contributed by atoms with Crippen LogP contribution in [0.4, 0.5) is 9.18 Å². The van der Waals surface area contributed by atoms with Crippen LogP contribution in [0.1, 0.15) is 42.1 Å². The van der Waals surface area contributed by atoms with E-state index in [-0.39, 0.29) is 36.1 Å². The van der Waals surface area contributed by atoms with Crippen LogP contribution in [-0.2, 0) is 11.2 Å². The smallest absolute Gasteiger partial charge is 0.317 e. The highest BCUT2D eigenvalue weighted by molar-refractivity contribution is 5.79. The van der Waals surface area contributed by atoms with Gasteiger partial charge in [-0.2, -0.15) is 4.98 Å². The first kappa shape index (κ1) is 18.4. The van der Waals surface area contributed by atoms with Crippen LogP contribution >= 0.6 is 0 Å². The fourth-order valence-electron chi connectivity index (χ4n) is 3.74. The molecule has 3 amide bonds. The first-order chi connectivity index (χ1) is 13.5. The largest absolute Gasteiger partial charge is 0.341 e. The summed E-state index contributed by atoms with van der Waals surface area (Å²) in [6.07, 6.45) is 1.85. The lowest BCUT2D eigenvalue weighted by Crippen LogP contribution is -2.49. The second kappa shape index (κ2) is 7.57. The van der Waals surface area contributed by atoms with E-state index in [0.29, 0.717) is 36.9 Å². The maximum Gasteiger partial charge on any atom is 0.317 e. The van der Waals surface area contributed by atoms with E-state index >= 15 is 0 Å². The summed E-state index contributed by atoms with van der Waals surface area (Å²) < 4.78 is 18.7. The maximum absolute atomic E-state index is 13.2. The average Bonchev–Trinajstić information content (AvgIpc) is 3.29. The number of likely N-dealkylation sites (tertiary alicyclic amines) is 2. The summed E-state index contributed by atoms with van der Waals surface area (Å²) in [7, 11) is 1.60. The van der Waals surface area contributed by atoms with Crippen molar-refractivity contribution < 1.29 is 18.5 Å². The van der Waals surface area contributed by atoms with Gasteiger partial charge in [-0.3, -0.25) is 4.79 Å². The Labute approximate surface area is 161 Å². The Bertz CT molecular complexity index is 880. The van der Waals surface area contributed by atoms with Crippen molar-refractivity contribution in [1.29, 1.82) is 0 Å². The topological polar surface area (TPSA) is 91.6 Å². The number of hydrogen-bond donors (Lipinski definition) is 1. The van der Waals surface area contributed by atoms with E-state index in [1.807, 2.05) is 0 Å². The van der Waals surface area contributed by atoms with E-state index in [0.717, 1.165) is 12.8 Å². The molecule has 1 N–H and O–H groups in total. The number of nitrogens with one attached hydrogen (secondary N) is 1. The van der Waals surface area contributed by atoms with Gasteiger partial charge < -0.3 is 19.6 Å². The molecule has 148 valence electrons. The molecule has 2 aromatic rings. The van der Waals surface area contributed by atoms with Gasteiger partial charge in [0.25, 0.3) is 0 Å².